The van der Waals surface area contributed by atoms with Gasteiger partial charge in [-0.05, 0) is 62.4 Å². The van der Waals surface area contributed by atoms with Gasteiger partial charge in [0.1, 0.15) is 0 Å². The van der Waals surface area contributed by atoms with Crippen LogP contribution in [0.5, 0.6) is 0 Å². The molecule has 0 bridgehead atoms. The van der Waals surface area contributed by atoms with E-state index in [2.05, 4.69) is 23.0 Å². The van der Waals surface area contributed by atoms with Crippen molar-refractivity contribution in [3.63, 3.8) is 0 Å². The largest absolute Gasteiger partial charge is 0.313 e. The Morgan fingerprint density at radius 2 is 1.95 bits per heavy atom. The summed E-state index contributed by atoms with van der Waals surface area (Å²) in [5.74, 6) is 0. The first-order valence-corrected chi connectivity index (χ1v) is 9.25. The van der Waals surface area contributed by atoms with Crippen molar-refractivity contribution in [2.24, 2.45) is 0 Å². The van der Waals surface area contributed by atoms with Crippen molar-refractivity contribution in [1.82, 2.24) is 10.0 Å². The fourth-order valence-electron chi connectivity index (χ4n) is 2.50. The van der Waals surface area contributed by atoms with Crippen molar-refractivity contribution >= 4 is 10.0 Å². The Balaban J connectivity index is 2.23. The highest BCUT2D eigenvalue weighted by atomic mass is 32.2. The van der Waals surface area contributed by atoms with E-state index in [1.807, 2.05) is 19.9 Å². The highest BCUT2D eigenvalue weighted by Crippen LogP contribution is 2.25. The number of nitrogens with one attached hydrogen (secondary N) is 2. The van der Waals surface area contributed by atoms with Gasteiger partial charge in [0, 0.05) is 12.6 Å². The van der Waals surface area contributed by atoms with Gasteiger partial charge < -0.3 is 5.32 Å². The monoisotopic (exact) mass is 310 g/mol. The average Bonchev–Trinajstić information content (AvgIpc) is 2.38. The highest BCUT2D eigenvalue weighted by Gasteiger charge is 2.26. The quantitative estimate of drug-likeness (QED) is 0.761. The van der Waals surface area contributed by atoms with Crippen LogP contribution in [0.4, 0.5) is 0 Å². The van der Waals surface area contributed by atoms with Gasteiger partial charge in [-0.2, -0.15) is 0 Å². The van der Waals surface area contributed by atoms with Crippen molar-refractivity contribution in [2.45, 2.75) is 63.9 Å². The minimum atomic E-state index is -3.40. The molecule has 0 atom stereocenters. The Kier molecular flexibility index (Phi) is 5.41. The van der Waals surface area contributed by atoms with Crippen LogP contribution in [0.3, 0.4) is 0 Å². The summed E-state index contributed by atoms with van der Waals surface area (Å²) in [5, 5.41) is 3.32. The molecule has 2 rings (SSSR count). The molecule has 0 unspecified atom stereocenters. The SMILES string of the molecule is CCCNCc1cc(C)c(C)c(S(=O)(=O)NC2CCC2)c1. The van der Waals surface area contributed by atoms with Crippen LogP contribution in [-0.2, 0) is 16.6 Å². The van der Waals surface area contributed by atoms with Gasteiger partial charge in [0.15, 0.2) is 0 Å². The molecule has 0 radical (unpaired) electrons. The van der Waals surface area contributed by atoms with E-state index < -0.39 is 10.0 Å². The van der Waals surface area contributed by atoms with Crippen LogP contribution in [0.2, 0.25) is 0 Å². The lowest BCUT2D eigenvalue weighted by atomic mass is 9.94. The van der Waals surface area contributed by atoms with Crippen LogP contribution in [0.1, 0.15) is 49.3 Å². The third-order valence-corrected chi connectivity index (χ3v) is 5.80. The molecular formula is C16H26N2O2S. The Labute approximate surface area is 128 Å². The van der Waals surface area contributed by atoms with E-state index in [4.69, 9.17) is 0 Å². The average molecular weight is 310 g/mol. The van der Waals surface area contributed by atoms with Crippen molar-refractivity contribution in [2.75, 3.05) is 6.54 Å². The molecular weight excluding hydrogens is 284 g/mol. The number of hydrogen-bond acceptors (Lipinski definition) is 3. The van der Waals surface area contributed by atoms with Crippen LogP contribution in [0.25, 0.3) is 0 Å². The van der Waals surface area contributed by atoms with Crippen molar-refractivity contribution in [3.8, 4) is 0 Å². The topological polar surface area (TPSA) is 58.2 Å². The van der Waals surface area contributed by atoms with Crippen molar-refractivity contribution in [1.29, 1.82) is 0 Å². The summed E-state index contributed by atoms with van der Waals surface area (Å²) >= 11 is 0. The second kappa shape index (κ2) is 6.90. The summed E-state index contributed by atoms with van der Waals surface area (Å²) in [4.78, 5) is 0.433. The molecule has 118 valence electrons. The molecule has 0 aliphatic heterocycles. The maximum absolute atomic E-state index is 12.6. The van der Waals surface area contributed by atoms with Crippen LogP contribution in [0.15, 0.2) is 17.0 Å². The summed E-state index contributed by atoms with van der Waals surface area (Å²) < 4.78 is 27.9. The molecule has 1 aromatic carbocycles. The van der Waals surface area contributed by atoms with Gasteiger partial charge in [-0.3, -0.25) is 0 Å². The maximum Gasteiger partial charge on any atom is 0.241 e. The molecule has 21 heavy (non-hydrogen) atoms. The molecule has 1 saturated carbocycles. The first-order chi connectivity index (χ1) is 9.94. The zero-order valence-corrected chi connectivity index (χ0v) is 14.0. The minimum absolute atomic E-state index is 0.122. The number of rotatable bonds is 7. The lowest BCUT2D eigenvalue weighted by molar-refractivity contribution is 0.383. The lowest BCUT2D eigenvalue weighted by Gasteiger charge is -2.26. The van der Waals surface area contributed by atoms with Crippen LogP contribution < -0.4 is 10.0 Å². The minimum Gasteiger partial charge on any atom is -0.313 e. The molecule has 1 aromatic rings. The molecule has 0 saturated heterocycles. The predicted octanol–water partition coefficient (Wildman–Crippen LogP) is 2.63. The van der Waals surface area contributed by atoms with Gasteiger partial charge in [0.25, 0.3) is 0 Å². The highest BCUT2D eigenvalue weighted by molar-refractivity contribution is 7.89. The van der Waals surface area contributed by atoms with E-state index in [0.717, 1.165) is 48.9 Å². The third-order valence-electron chi connectivity index (χ3n) is 4.15. The van der Waals surface area contributed by atoms with Gasteiger partial charge in [0.2, 0.25) is 10.0 Å². The number of benzene rings is 1. The standard InChI is InChI=1S/C16H26N2O2S/c1-4-8-17-11-14-9-12(2)13(3)16(10-14)21(19,20)18-15-6-5-7-15/h9-10,15,17-18H,4-8,11H2,1-3H3. The van der Waals surface area contributed by atoms with E-state index in [9.17, 15) is 8.42 Å². The van der Waals surface area contributed by atoms with Gasteiger partial charge in [-0.1, -0.05) is 19.4 Å². The second-order valence-electron chi connectivity index (χ2n) is 5.96. The molecule has 4 nitrogen and oxygen atoms in total. The summed E-state index contributed by atoms with van der Waals surface area (Å²) in [6.45, 7) is 7.62. The van der Waals surface area contributed by atoms with Crippen LogP contribution in [-0.4, -0.2) is 21.0 Å². The second-order valence-corrected chi connectivity index (χ2v) is 7.64. The van der Waals surface area contributed by atoms with E-state index in [1.54, 1.807) is 0 Å². The third kappa shape index (κ3) is 4.05. The van der Waals surface area contributed by atoms with E-state index in [0.29, 0.717) is 11.4 Å². The lowest BCUT2D eigenvalue weighted by Crippen LogP contribution is -2.39. The first-order valence-electron chi connectivity index (χ1n) is 7.77. The Morgan fingerprint density at radius 3 is 2.52 bits per heavy atom. The van der Waals surface area contributed by atoms with Crippen LogP contribution >= 0.6 is 0 Å². The first kappa shape index (κ1) is 16.5. The summed E-state index contributed by atoms with van der Waals surface area (Å²) in [6.07, 6.45) is 4.09. The van der Waals surface area contributed by atoms with Gasteiger partial charge in [0.05, 0.1) is 4.90 Å². The molecule has 5 heteroatoms. The zero-order valence-electron chi connectivity index (χ0n) is 13.2. The van der Waals surface area contributed by atoms with Crippen molar-refractivity contribution < 1.29 is 8.42 Å². The maximum atomic E-state index is 12.6. The van der Waals surface area contributed by atoms with Gasteiger partial charge >= 0.3 is 0 Å². The van der Waals surface area contributed by atoms with Crippen LogP contribution in [0, 0.1) is 13.8 Å². The fourth-order valence-corrected chi connectivity index (χ4v) is 4.17. The predicted molar refractivity (Wildman–Crippen MR) is 85.9 cm³/mol. The van der Waals surface area contributed by atoms with E-state index >= 15 is 0 Å². The number of sulfonamides is 1. The summed E-state index contributed by atoms with van der Waals surface area (Å²) in [5.41, 5.74) is 2.90. The Hall–Kier alpha value is -0.910. The Morgan fingerprint density at radius 1 is 1.24 bits per heavy atom. The van der Waals surface area contributed by atoms with E-state index in [-0.39, 0.29) is 6.04 Å². The van der Waals surface area contributed by atoms with Crippen molar-refractivity contribution in [3.05, 3.63) is 28.8 Å². The van der Waals surface area contributed by atoms with Gasteiger partial charge in [-0.25, -0.2) is 13.1 Å². The number of hydrogen-bond donors (Lipinski definition) is 2. The number of aryl methyl sites for hydroxylation is 1. The normalized spacial score (nSPS) is 16.0. The zero-order chi connectivity index (χ0) is 15.5. The Bertz CT molecular complexity index is 593. The van der Waals surface area contributed by atoms with Gasteiger partial charge in [-0.15, -0.1) is 0 Å². The van der Waals surface area contributed by atoms with E-state index in [1.165, 1.54) is 0 Å². The molecule has 1 fully saturated rings. The molecule has 0 spiro atoms. The fraction of sp³-hybridized carbons (Fsp3) is 0.625. The molecule has 1 aliphatic carbocycles. The molecule has 1 aliphatic rings. The molecule has 0 heterocycles. The molecule has 2 N–H and O–H groups in total. The summed E-state index contributed by atoms with van der Waals surface area (Å²) in [7, 11) is -3.40. The molecule has 0 amide bonds. The smallest absolute Gasteiger partial charge is 0.241 e. The summed E-state index contributed by atoms with van der Waals surface area (Å²) in [6, 6.07) is 4.00. The molecule has 0 aromatic heterocycles.